The van der Waals surface area contributed by atoms with Crippen molar-refractivity contribution in [1.82, 2.24) is 0 Å². The highest BCUT2D eigenvalue weighted by molar-refractivity contribution is 9.10. The maximum absolute atomic E-state index is 11.9. The van der Waals surface area contributed by atoms with E-state index in [-0.39, 0.29) is 6.42 Å². The second-order valence-electron chi connectivity index (χ2n) is 3.36. The van der Waals surface area contributed by atoms with E-state index in [1.165, 1.54) is 0 Å². The Balaban J connectivity index is 3.06. The van der Waals surface area contributed by atoms with E-state index >= 15 is 0 Å². The van der Waals surface area contributed by atoms with E-state index in [0.717, 1.165) is 4.47 Å². The first kappa shape index (κ1) is 13.3. The summed E-state index contributed by atoms with van der Waals surface area (Å²) in [6.45, 7) is 1.62. The second kappa shape index (κ2) is 5.07. The van der Waals surface area contributed by atoms with Gasteiger partial charge in [0.15, 0.2) is 5.78 Å². The highest BCUT2D eigenvalue weighted by atomic mass is 79.9. The van der Waals surface area contributed by atoms with Gasteiger partial charge in [-0.05, 0) is 18.6 Å². The number of nitrogens with two attached hydrogens (primary N) is 1. The van der Waals surface area contributed by atoms with Crippen LogP contribution in [0.15, 0.2) is 28.7 Å². The fourth-order valence-corrected chi connectivity index (χ4v) is 2.53. The number of carbonyl (C=O) groups excluding carboxylic acids is 1. The van der Waals surface area contributed by atoms with E-state index in [1.54, 1.807) is 31.2 Å². The summed E-state index contributed by atoms with van der Waals surface area (Å²) in [7, 11) is -3.83. The molecule has 0 saturated carbocycles. The van der Waals surface area contributed by atoms with Gasteiger partial charge in [0.05, 0.1) is 0 Å². The number of hydrogen-bond acceptors (Lipinski definition) is 3. The fraction of sp³-hybridized carbons (Fsp3) is 0.300. The van der Waals surface area contributed by atoms with Gasteiger partial charge in [-0.25, -0.2) is 13.6 Å². The highest BCUT2D eigenvalue weighted by Crippen LogP contribution is 2.15. The van der Waals surface area contributed by atoms with E-state index in [4.69, 9.17) is 5.14 Å². The van der Waals surface area contributed by atoms with Crippen LogP contribution in [0.4, 0.5) is 0 Å². The minimum absolute atomic E-state index is 0.174. The zero-order chi connectivity index (χ0) is 12.3. The van der Waals surface area contributed by atoms with Gasteiger partial charge >= 0.3 is 0 Å². The highest BCUT2D eigenvalue weighted by Gasteiger charge is 2.28. The van der Waals surface area contributed by atoms with Crippen molar-refractivity contribution in [3.63, 3.8) is 0 Å². The smallest absolute Gasteiger partial charge is 0.219 e. The Morgan fingerprint density at radius 3 is 2.25 bits per heavy atom. The van der Waals surface area contributed by atoms with Gasteiger partial charge in [0.25, 0.3) is 0 Å². The molecule has 1 aromatic carbocycles. The Labute approximate surface area is 103 Å². The molecule has 16 heavy (non-hydrogen) atoms. The van der Waals surface area contributed by atoms with Crippen LogP contribution in [0.1, 0.15) is 23.7 Å². The number of benzene rings is 1. The lowest BCUT2D eigenvalue weighted by atomic mass is 10.1. The van der Waals surface area contributed by atoms with E-state index in [9.17, 15) is 13.2 Å². The first-order valence-electron chi connectivity index (χ1n) is 4.67. The van der Waals surface area contributed by atoms with Crippen molar-refractivity contribution in [3.05, 3.63) is 34.3 Å². The zero-order valence-electron chi connectivity index (χ0n) is 8.68. The summed E-state index contributed by atoms with van der Waals surface area (Å²) in [4.78, 5) is 11.9. The van der Waals surface area contributed by atoms with Crippen LogP contribution in [0.5, 0.6) is 0 Å². The summed E-state index contributed by atoms with van der Waals surface area (Å²) in [6, 6.07) is 6.51. The summed E-state index contributed by atoms with van der Waals surface area (Å²) in [5, 5.41) is 3.84. The quantitative estimate of drug-likeness (QED) is 0.860. The Bertz CT molecular complexity index is 481. The molecule has 0 aliphatic rings. The molecule has 0 amide bonds. The summed E-state index contributed by atoms with van der Waals surface area (Å²) < 4.78 is 23.2. The molecule has 0 radical (unpaired) electrons. The zero-order valence-corrected chi connectivity index (χ0v) is 11.1. The molecule has 0 aliphatic heterocycles. The van der Waals surface area contributed by atoms with Crippen LogP contribution in [-0.4, -0.2) is 19.5 Å². The third kappa shape index (κ3) is 3.13. The first-order valence-corrected chi connectivity index (χ1v) is 7.08. The van der Waals surface area contributed by atoms with Crippen LogP contribution >= 0.6 is 15.9 Å². The minimum Gasteiger partial charge on any atom is -0.293 e. The molecule has 0 saturated heterocycles. The largest absolute Gasteiger partial charge is 0.293 e. The summed E-state index contributed by atoms with van der Waals surface area (Å²) in [5.41, 5.74) is 0.351. The molecule has 0 spiro atoms. The van der Waals surface area contributed by atoms with Gasteiger partial charge in [-0.1, -0.05) is 35.0 Å². The van der Waals surface area contributed by atoms with Gasteiger partial charge in [0, 0.05) is 10.0 Å². The molecular weight excluding hydrogens is 294 g/mol. The van der Waals surface area contributed by atoms with Crippen molar-refractivity contribution in [1.29, 1.82) is 0 Å². The SMILES string of the molecule is CCC(C(=O)c1ccc(Br)cc1)S(N)(=O)=O. The lowest BCUT2D eigenvalue weighted by Gasteiger charge is -2.11. The van der Waals surface area contributed by atoms with Crippen molar-refractivity contribution in [2.45, 2.75) is 18.6 Å². The molecule has 1 atom stereocenters. The Morgan fingerprint density at radius 2 is 1.88 bits per heavy atom. The van der Waals surface area contributed by atoms with Gasteiger partial charge in [0.2, 0.25) is 10.0 Å². The van der Waals surface area contributed by atoms with Crippen LogP contribution in [0.25, 0.3) is 0 Å². The molecule has 1 rings (SSSR count). The normalized spacial score (nSPS) is 13.4. The number of sulfonamides is 1. The van der Waals surface area contributed by atoms with Crippen LogP contribution in [0.2, 0.25) is 0 Å². The molecule has 4 nitrogen and oxygen atoms in total. The number of primary sulfonamides is 1. The maximum Gasteiger partial charge on any atom is 0.219 e. The molecule has 1 unspecified atom stereocenters. The predicted octanol–water partition coefficient (Wildman–Crippen LogP) is 1.70. The second-order valence-corrected chi connectivity index (χ2v) is 6.02. The lowest BCUT2D eigenvalue weighted by molar-refractivity contribution is 0.0985. The Hall–Kier alpha value is -0.720. The number of hydrogen-bond donors (Lipinski definition) is 1. The Morgan fingerprint density at radius 1 is 1.38 bits per heavy atom. The maximum atomic E-state index is 11.9. The van der Waals surface area contributed by atoms with E-state index in [0.29, 0.717) is 5.56 Å². The van der Waals surface area contributed by atoms with Crippen molar-refractivity contribution in [3.8, 4) is 0 Å². The van der Waals surface area contributed by atoms with Crippen molar-refractivity contribution in [2.24, 2.45) is 5.14 Å². The molecule has 6 heteroatoms. The molecule has 2 N–H and O–H groups in total. The molecule has 0 fully saturated rings. The molecule has 1 aromatic rings. The van der Waals surface area contributed by atoms with E-state index in [2.05, 4.69) is 15.9 Å². The third-order valence-corrected chi connectivity index (χ3v) is 4.06. The van der Waals surface area contributed by atoms with Gasteiger partial charge in [-0.3, -0.25) is 4.79 Å². The molecule has 88 valence electrons. The standard InChI is InChI=1S/C10H12BrNO3S/c1-2-9(16(12,14)15)10(13)7-3-5-8(11)6-4-7/h3-6,9H,2H2,1H3,(H2,12,14,15). The van der Waals surface area contributed by atoms with E-state index < -0.39 is 21.1 Å². The van der Waals surface area contributed by atoms with E-state index in [1.807, 2.05) is 0 Å². The van der Waals surface area contributed by atoms with Crippen molar-refractivity contribution in [2.75, 3.05) is 0 Å². The van der Waals surface area contributed by atoms with Gasteiger partial charge < -0.3 is 0 Å². The van der Waals surface area contributed by atoms with Gasteiger partial charge in [0.1, 0.15) is 5.25 Å². The lowest BCUT2D eigenvalue weighted by Crippen LogP contribution is -2.35. The fourth-order valence-electron chi connectivity index (χ4n) is 1.37. The van der Waals surface area contributed by atoms with Gasteiger partial charge in [-0.2, -0.15) is 0 Å². The summed E-state index contributed by atoms with van der Waals surface area (Å²) in [6.07, 6.45) is 0.174. The topological polar surface area (TPSA) is 77.2 Å². The van der Waals surface area contributed by atoms with Crippen molar-refractivity contribution < 1.29 is 13.2 Å². The number of rotatable bonds is 4. The summed E-state index contributed by atoms with van der Waals surface area (Å²) >= 11 is 3.23. The summed E-state index contributed by atoms with van der Waals surface area (Å²) in [5.74, 6) is -0.461. The van der Waals surface area contributed by atoms with Crippen molar-refractivity contribution >= 4 is 31.7 Å². The monoisotopic (exact) mass is 305 g/mol. The Kier molecular flexibility index (Phi) is 4.23. The third-order valence-electron chi connectivity index (χ3n) is 2.19. The van der Waals surface area contributed by atoms with Crippen LogP contribution in [-0.2, 0) is 10.0 Å². The molecule has 0 bridgehead atoms. The van der Waals surface area contributed by atoms with Crippen LogP contribution < -0.4 is 5.14 Å². The predicted molar refractivity (Wildman–Crippen MR) is 65.7 cm³/mol. The minimum atomic E-state index is -3.83. The number of ketones is 1. The van der Waals surface area contributed by atoms with Crippen LogP contribution in [0, 0.1) is 0 Å². The first-order chi connectivity index (χ1) is 7.36. The van der Waals surface area contributed by atoms with Gasteiger partial charge in [-0.15, -0.1) is 0 Å². The molecule has 0 aromatic heterocycles. The molecular formula is C10H12BrNO3S. The number of halogens is 1. The molecule has 0 heterocycles. The number of carbonyl (C=O) groups is 1. The van der Waals surface area contributed by atoms with Crippen LogP contribution in [0.3, 0.4) is 0 Å². The number of Topliss-reactive ketones (excluding diaryl/α,β-unsaturated/α-hetero) is 1. The average Bonchev–Trinajstić information content (AvgIpc) is 2.17. The average molecular weight is 306 g/mol. The molecule has 0 aliphatic carbocycles.